The van der Waals surface area contributed by atoms with E-state index in [4.69, 9.17) is 5.73 Å². The maximum Gasteiger partial charge on any atom is 0.271 e. The molecular weight excluding hydrogens is 468 g/mol. The number of fused-ring (bicyclic) bond motifs is 3. The van der Waals surface area contributed by atoms with E-state index < -0.39 is 5.91 Å². The summed E-state index contributed by atoms with van der Waals surface area (Å²) in [4.78, 5) is 35.5. The number of anilines is 4. The molecule has 37 heavy (non-hydrogen) atoms. The van der Waals surface area contributed by atoms with Gasteiger partial charge in [0.25, 0.3) is 5.91 Å². The molecule has 4 N–H and O–H groups in total. The lowest BCUT2D eigenvalue weighted by Crippen LogP contribution is -2.51. The lowest BCUT2D eigenvalue weighted by Gasteiger charge is -2.40. The zero-order valence-electron chi connectivity index (χ0n) is 21.1. The Balaban J connectivity index is 1.31. The number of hydrogen-bond donors (Lipinski definition) is 3. The van der Waals surface area contributed by atoms with E-state index in [-0.39, 0.29) is 11.5 Å². The van der Waals surface area contributed by atoms with Crippen LogP contribution in [0.25, 0.3) is 22.3 Å². The average molecular weight is 499 g/mol. The SMILES string of the molecule is CNc1nc(Nc2ccc(N3CC4CCC(C3)N4C)cc2)c(C(N)=O)nc1-c1cncc2c1ncn2C. The number of hydrogen-bond acceptors (Lipinski definition) is 9. The van der Waals surface area contributed by atoms with Gasteiger partial charge in [0.15, 0.2) is 17.3 Å². The van der Waals surface area contributed by atoms with Gasteiger partial charge in [-0.25, -0.2) is 15.0 Å². The van der Waals surface area contributed by atoms with Crippen LogP contribution >= 0.6 is 0 Å². The van der Waals surface area contributed by atoms with Crippen molar-refractivity contribution in [1.29, 1.82) is 0 Å². The minimum atomic E-state index is -0.676. The third-order valence-electron chi connectivity index (χ3n) is 7.60. The molecule has 2 aliphatic heterocycles. The molecule has 2 aliphatic rings. The Hall–Kier alpha value is -4.25. The third kappa shape index (κ3) is 4.01. The van der Waals surface area contributed by atoms with Crippen molar-refractivity contribution in [2.75, 3.05) is 42.7 Å². The van der Waals surface area contributed by atoms with Crippen LogP contribution in [0, 0.1) is 0 Å². The van der Waals surface area contributed by atoms with E-state index in [0.717, 1.165) is 24.3 Å². The van der Waals surface area contributed by atoms with Gasteiger partial charge in [-0.1, -0.05) is 0 Å². The molecule has 5 heterocycles. The van der Waals surface area contributed by atoms with Crippen molar-refractivity contribution in [1.82, 2.24) is 29.4 Å². The van der Waals surface area contributed by atoms with E-state index in [1.807, 2.05) is 23.7 Å². The molecule has 190 valence electrons. The molecule has 6 rings (SSSR count). The number of nitrogens with one attached hydrogen (secondary N) is 2. The van der Waals surface area contributed by atoms with Crippen LogP contribution in [0.15, 0.2) is 43.0 Å². The number of likely N-dealkylation sites (N-methyl/N-ethyl adjacent to an activating group) is 1. The number of pyridine rings is 1. The lowest BCUT2D eigenvalue weighted by molar-refractivity contribution is 0.0996. The van der Waals surface area contributed by atoms with Crippen LogP contribution in [0.1, 0.15) is 23.3 Å². The van der Waals surface area contributed by atoms with E-state index in [0.29, 0.717) is 34.7 Å². The van der Waals surface area contributed by atoms with Gasteiger partial charge in [-0.3, -0.25) is 14.7 Å². The van der Waals surface area contributed by atoms with Gasteiger partial charge in [0.05, 0.1) is 23.6 Å². The predicted molar refractivity (Wildman–Crippen MR) is 144 cm³/mol. The van der Waals surface area contributed by atoms with Crippen LogP contribution in [0.3, 0.4) is 0 Å². The van der Waals surface area contributed by atoms with Crippen LogP contribution in [0.2, 0.25) is 0 Å². The molecule has 2 atom stereocenters. The van der Waals surface area contributed by atoms with Crippen LogP contribution in [-0.2, 0) is 7.05 Å². The fourth-order valence-electron chi connectivity index (χ4n) is 5.49. The summed E-state index contributed by atoms with van der Waals surface area (Å²) >= 11 is 0. The first-order chi connectivity index (χ1) is 17.9. The summed E-state index contributed by atoms with van der Waals surface area (Å²) in [5.74, 6) is 0.0914. The fraction of sp³-hybridized carbons (Fsp3) is 0.346. The molecule has 3 aromatic heterocycles. The molecule has 0 radical (unpaired) electrons. The average Bonchev–Trinajstić information content (AvgIpc) is 3.36. The second-order valence-corrected chi connectivity index (χ2v) is 9.77. The topological polar surface area (TPSA) is 130 Å². The first kappa shape index (κ1) is 23.2. The summed E-state index contributed by atoms with van der Waals surface area (Å²) in [6.45, 7) is 2.09. The predicted octanol–water partition coefficient (Wildman–Crippen LogP) is 2.59. The van der Waals surface area contributed by atoms with E-state index >= 15 is 0 Å². The summed E-state index contributed by atoms with van der Waals surface area (Å²) in [6, 6.07) is 9.43. The van der Waals surface area contributed by atoms with Gasteiger partial charge in [0, 0.05) is 56.8 Å². The quantitative estimate of drug-likeness (QED) is 0.367. The standard InChI is InChI=1S/C26H30N10O/c1-28-25-22(19-10-29-11-20-21(19)30-14-34(20)2)32-23(24(27)37)26(33-25)31-15-4-6-16(7-5-15)36-12-17-8-9-18(13-36)35(17)3/h4-7,10-11,14,17-18H,8-9,12-13H2,1-3H3,(H2,27,37)(H2,28,31,33). The van der Waals surface area contributed by atoms with Crippen molar-refractivity contribution in [3.63, 3.8) is 0 Å². The van der Waals surface area contributed by atoms with Gasteiger partial charge >= 0.3 is 0 Å². The molecule has 2 fully saturated rings. The molecule has 0 saturated carbocycles. The number of carbonyl (C=O) groups excluding carboxylic acids is 1. The molecule has 2 saturated heterocycles. The molecule has 0 aliphatic carbocycles. The number of rotatable bonds is 6. The second kappa shape index (κ2) is 9.00. The van der Waals surface area contributed by atoms with Crippen LogP contribution in [-0.4, -0.2) is 74.6 Å². The van der Waals surface area contributed by atoms with Crippen molar-refractivity contribution < 1.29 is 4.79 Å². The largest absolute Gasteiger partial charge is 0.371 e. The molecule has 0 spiro atoms. The number of nitrogens with zero attached hydrogens (tertiary/aromatic N) is 7. The third-order valence-corrected chi connectivity index (χ3v) is 7.60. The number of piperazine rings is 1. The summed E-state index contributed by atoms with van der Waals surface area (Å²) in [7, 11) is 5.89. The maximum atomic E-state index is 12.4. The molecule has 1 aromatic carbocycles. The highest BCUT2D eigenvalue weighted by atomic mass is 16.1. The Labute approximate surface area is 214 Å². The van der Waals surface area contributed by atoms with Crippen molar-refractivity contribution in [2.24, 2.45) is 12.8 Å². The Morgan fingerprint density at radius 2 is 1.76 bits per heavy atom. The minimum absolute atomic E-state index is 0.0432. The summed E-state index contributed by atoms with van der Waals surface area (Å²) in [5.41, 5.74) is 10.4. The highest BCUT2D eigenvalue weighted by Gasteiger charge is 2.37. The van der Waals surface area contributed by atoms with Crippen LogP contribution in [0.5, 0.6) is 0 Å². The molecular formula is C26H30N10O. The number of primary amides is 1. The van der Waals surface area contributed by atoms with Crippen molar-refractivity contribution in [3.8, 4) is 11.3 Å². The van der Waals surface area contributed by atoms with Crippen molar-refractivity contribution in [2.45, 2.75) is 24.9 Å². The minimum Gasteiger partial charge on any atom is -0.371 e. The van der Waals surface area contributed by atoms with Gasteiger partial charge in [-0.2, -0.15) is 0 Å². The number of benzene rings is 1. The van der Waals surface area contributed by atoms with E-state index in [1.165, 1.54) is 18.5 Å². The Kier molecular flexibility index (Phi) is 5.64. The van der Waals surface area contributed by atoms with Gasteiger partial charge in [-0.05, 0) is 44.2 Å². The van der Waals surface area contributed by atoms with Crippen molar-refractivity contribution in [3.05, 3.63) is 48.7 Å². The molecule has 2 bridgehead atoms. The Morgan fingerprint density at radius 1 is 1.03 bits per heavy atom. The van der Waals surface area contributed by atoms with E-state index in [2.05, 4.69) is 59.5 Å². The van der Waals surface area contributed by atoms with Gasteiger partial charge in [0.2, 0.25) is 0 Å². The van der Waals surface area contributed by atoms with Crippen LogP contribution < -0.4 is 21.3 Å². The Morgan fingerprint density at radius 3 is 2.43 bits per heavy atom. The molecule has 1 amide bonds. The van der Waals surface area contributed by atoms with Crippen molar-refractivity contribution >= 4 is 40.0 Å². The molecule has 11 nitrogen and oxygen atoms in total. The smallest absolute Gasteiger partial charge is 0.271 e. The summed E-state index contributed by atoms with van der Waals surface area (Å²) in [6.07, 6.45) is 7.64. The highest BCUT2D eigenvalue weighted by molar-refractivity contribution is 5.99. The van der Waals surface area contributed by atoms with Gasteiger partial charge < -0.3 is 25.8 Å². The zero-order chi connectivity index (χ0) is 25.7. The zero-order valence-corrected chi connectivity index (χ0v) is 21.1. The van der Waals surface area contributed by atoms with Crippen LogP contribution in [0.4, 0.5) is 23.0 Å². The number of imidazole rings is 1. The first-order valence-corrected chi connectivity index (χ1v) is 12.4. The second-order valence-electron chi connectivity index (χ2n) is 9.77. The number of nitrogens with two attached hydrogens (primary N) is 1. The number of carbonyl (C=O) groups is 1. The highest BCUT2D eigenvalue weighted by Crippen LogP contribution is 2.34. The summed E-state index contributed by atoms with van der Waals surface area (Å²) in [5, 5.41) is 6.33. The summed E-state index contributed by atoms with van der Waals surface area (Å²) < 4.78 is 1.87. The van der Waals surface area contributed by atoms with Gasteiger partial charge in [-0.15, -0.1) is 0 Å². The fourth-order valence-corrected chi connectivity index (χ4v) is 5.49. The molecule has 11 heteroatoms. The normalized spacial score (nSPS) is 19.4. The lowest BCUT2D eigenvalue weighted by atomic mass is 10.1. The van der Waals surface area contributed by atoms with E-state index in [9.17, 15) is 4.79 Å². The molecule has 2 unspecified atom stereocenters. The van der Waals surface area contributed by atoms with Gasteiger partial charge in [0.1, 0.15) is 11.2 Å². The number of amides is 1. The van der Waals surface area contributed by atoms with E-state index in [1.54, 1.807) is 25.8 Å². The Bertz CT molecular complexity index is 1470. The number of aryl methyl sites for hydroxylation is 1. The monoisotopic (exact) mass is 498 g/mol. The first-order valence-electron chi connectivity index (χ1n) is 12.4. The number of aromatic nitrogens is 5. The maximum absolute atomic E-state index is 12.4. The molecule has 4 aromatic rings.